The smallest absolute Gasteiger partial charge is 0.171 e. The van der Waals surface area contributed by atoms with Gasteiger partial charge in [0.25, 0.3) is 0 Å². The monoisotopic (exact) mass is 416 g/mol. The summed E-state index contributed by atoms with van der Waals surface area (Å²) >= 11 is 1.72. The second kappa shape index (κ2) is 9.03. The van der Waals surface area contributed by atoms with Crippen LogP contribution >= 0.6 is 18.9 Å². The lowest BCUT2D eigenvalue weighted by Crippen LogP contribution is -2.17. The van der Waals surface area contributed by atoms with Crippen LogP contribution in [0, 0.1) is 0 Å². The summed E-state index contributed by atoms with van der Waals surface area (Å²) in [6.07, 6.45) is 4.53. The fourth-order valence-electron chi connectivity index (χ4n) is 3.85. The Morgan fingerprint density at radius 3 is 1.66 bits per heavy atom. The number of hydrogen-bond donors (Lipinski definition) is 0. The number of benzene rings is 3. The van der Waals surface area contributed by atoms with Crippen molar-refractivity contribution in [2.45, 2.75) is 30.6 Å². The van der Waals surface area contributed by atoms with E-state index in [9.17, 15) is 4.57 Å². The molecule has 0 heterocycles. The third kappa shape index (κ3) is 4.20. The average Bonchev–Trinajstić information content (AvgIpc) is 3.33. The molecular formula is C26H25OPS. The molecule has 0 spiro atoms. The van der Waals surface area contributed by atoms with E-state index in [1.165, 1.54) is 18.4 Å². The molecular weight excluding hydrogens is 391 g/mol. The molecule has 4 rings (SSSR count). The SMILES string of the molecule is C=C(C(Sc1ccccc1)=C1CCCC1)P(=O)(c1ccccc1)c1ccccc1. The average molecular weight is 417 g/mol. The van der Waals surface area contributed by atoms with Crippen molar-refractivity contribution >= 4 is 29.5 Å². The molecule has 1 saturated carbocycles. The molecule has 0 radical (unpaired) electrons. The topological polar surface area (TPSA) is 17.1 Å². The highest BCUT2D eigenvalue weighted by Gasteiger charge is 2.34. The van der Waals surface area contributed by atoms with Crippen LogP contribution in [0.3, 0.4) is 0 Å². The molecule has 1 fully saturated rings. The predicted molar refractivity (Wildman–Crippen MR) is 127 cm³/mol. The van der Waals surface area contributed by atoms with Gasteiger partial charge < -0.3 is 4.57 Å². The van der Waals surface area contributed by atoms with Crippen LogP contribution < -0.4 is 10.6 Å². The number of allylic oxidation sites excluding steroid dienone is 2. The zero-order chi connectivity index (χ0) is 20.1. The van der Waals surface area contributed by atoms with E-state index in [1.807, 2.05) is 66.7 Å². The third-order valence-corrected chi connectivity index (χ3v) is 9.81. The van der Waals surface area contributed by atoms with Gasteiger partial charge in [-0.05, 0) is 37.8 Å². The Morgan fingerprint density at radius 2 is 1.17 bits per heavy atom. The van der Waals surface area contributed by atoms with Crippen molar-refractivity contribution < 1.29 is 4.57 Å². The minimum atomic E-state index is -3.03. The van der Waals surface area contributed by atoms with Gasteiger partial charge in [-0.3, -0.25) is 0 Å². The molecule has 0 unspecified atom stereocenters. The summed E-state index contributed by atoms with van der Waals surface area (Å²) in [7, 11) is -3.03. The summed E-state index contributed by atoms with van der Waals surface area (Å²) < 4.78 is 14.8. The first-order valence-electron chi connectivity index (χ1n) is 10.1. The molecule has 1 aliphatic rings. The molecule has 0 bridgehead atoms. The van der Waals surface area contributed by atoms with Crippen molar-refractivity contribution in [1.29, 1.82) is 0 Å². The lowest BCUT2D eigenvalue weighted by Gasteiger charge is -2.25. The summed E-state index contributed by atoms with van der Waals surface area (Å²) in [6, 6.07) is 30.1. The second-order valence-corrected chi connectivity index (χ2v) is 11.2. The van der Waals surface area contributed by atoms with Gasteiger partial charge in [-0.25, -0.2) is 0 Å². The molecule has 0 aromatic heterocycles. The first kappa shape index (κ1) is 20.0. The lowest BCUT2D eigenvalue weighted by atomic mass is 10.2. The molecule has 0 saturated heterocycles. The van der Waals surface area contributed by atoms with E-state index in [1.54, 1.807) is 11.8 Å². The standard InChI is InChI=1S/C26H25OPS/c1-21(26(22-13-11-12-14-22)29-25-19-9-4-10-20-25)28(27,23-15-5-2-6-16-23)24-17-7-3-8-18-24/h2-10,15-20H,1,11-14H2. The Kier molecular flexibility index (Phi) is 6.23. The zero-order valence-electron chi connectivity index (χ0n) is 16.5. The van der Waals surface area contributed by atoms with Crippen molar-refractivity contribution in [1.82, 2.24) is 0 Å². The van der Waals surface area contributed by atoms with E-state index < -0.39 is 7.14 Å². The van der Waals surface area contributed by atoms with Crippen molar-refractivity contribution in [3.63, 3.8) is 0 Å². The van der Waals surface area contributed by atoms with E-state index in [2.05, 4.69) is 30.8 Å². The van der Waals surface area contributed by atoms with Crippen LogP contribution in [0.25, 0.3) is 0 Å². The van der Waals surface area contributed by atoms with Crippen LogP contribution in [0.5, 0.6) is 0 Å². The Labute approximate surface area is 177 Å². The fourth-order valence-corrected chi connectivity index (χ4v) is 7.92. The van der Waals surface area contributed by atoms with Crippen LogP contribution in [0.2, 0.25) is 0 Å². The number of hydrogen-bond acceptors (Lipinski definition) is 2. The molecule has 3 aromatic rings. The maximum absolute atomic E-state index is 14.8. The molecule has 3 heteroatoms. The summed E-state index contributed by atoms with van der Waals surface area (Å²) in [5, 5.41) is 2.46. The Hall–Kier alpha value is -2.28. The molecule has 3 aromatic carbocycles. The highest BCUT2D eigenvalue weighted by molar-refractivity contribution is 8.04. The second-order valence-electron chi connectivity index (χ2n) is 7.28. The normalized spacial score (nSPS) is 14.0. The van der Waals surface area contributed by atoms with E-state index in [0.717, 1.165) is 38.6 Å². The molecule has 1 nitrogen and oxygen atoms in total. The van der Waals surface area contributed by atoms with Gasteiger partial charge in [0.15, 0.2) is 7.14 Å². The summed E-state index contributed by atoms with van der Waals surface area (Å²) in [6.45, 7) is 4.48. The van der Waals surface area contributed by atoms with Crippen molar-refractivity contribution in [3.8, 4) is 0 Å². The minimum Gasteiger partial charge on any atom is -0.309 e. The summed E-state index contributed by atoms with van der Waals surface area (Å²) in [5.41, 5.74) is 1.40. The van der Waals surface area contributed by atoms with Gasteiger partial charge in [0.05, 0.1) is 0 Å². The van der Waals surface area contributed by atoms with Gasteiger partial charge in [0.1, 0.15) is 0 Å². The van der Waals surface area contributed by atoms with Gasteiger partial charge in [-0.2, -0.15) is 0 Å². The Morgan fingerprint density at radius 1 is 0.724 bits per heavy atom. The van der Waals surface area contributed by atoms with Crippen LogP contribution in [0.1, 0.15) is 25.7 Å². The molecule has 29 heavy (non-hydrogen) atoms. The highest BCUT2D eigenvalue weighted by atomic mass is 32.2. The summed E-state index contributed by atoms with van der Waals surface area (Å²) in [4.78, 5) is 2.28. The zero-order valence-corrected chi connectivity index (χ0v) is 18.2. The third-order valence-electron chi connectivity index (χ3n) is 5.37. The van der Waals surface area contributed by atoms with Crippen LogP contribution in [0.4, 0.5) is 0 Å². The summed E-state index contributed by atoms with van der Waals surface area (Å²) in [5.74, 6) is 0. The van der Waals surface area contributed by atoms with E-state index in [4.69, 9.17) is 0 Å². The quantitative estimate of drug-likeness (QED) is 0.314. The molecule has 1 aliphatic carbocycles. The van der Waals surface area contributed by atoms with Gasteiger partial charge in [-0.15, -0.1) is 0 Å². The van der Waals surface area contributed by atoms with Gasteiger partial charge in [-0.1, -0.05) is 103 Å². The fraction of sp³-hybridized carbons (Fsp3) is 0.154. The van der Waals surface area contributed by atoms with Gasteiger partial charge >= 0.3 is 0 Å². The van der Waals surface area contributed by atoms with Crippen molar-refractivity contribution in [2.75, 3.05) is 0 Å². The lowest BCUT2D eigenvalue weighted by molar-refractivity contribution is 0.591. The Balaban J connectivity index is 1.85. The van der Waals surface area contributed by atoms with Gasteiger partial charge in [0.2, 0.25) is 0 Å². The van der Waals surface area contributed by atoms with E-state index in [-0.39, 0.29) is 0 Å². The Bertz CT molecular complexity index is 1000. The predicted octanol–water partition coefficient (Wildman–Crippen LogP) is 7.13. The highest BCUT2D eigenvalue weighted by Crippen LogP contribution is 2.58. The minimum absolute atomic E-state index is 0.764. The molecule has 0 amide bonds. The number of thioether (sulfide) groups is 1. The van der Waals surface area contributed by atoms with Gasteiger partial charge in [0, 0.05) is 25.7 Å². The van der Waals surface area contributed by atoms with E-state index >= 15 is 0 Å². The molecule has 146 valence electrons. The first-order chi connectivity index (χ1) is 14.2. The molecule has 0 N–H and O–H groups in total. The van der Waals surface area contributed by atoms with E-state index in [0.29, 0.717) is 0 Å². The van der Waals surface area contributed by atoms with Crippen molar-refractivity contribution in [2.24, 2.45) is 0 Å². The first-order valence-corrected chi connectivity index (χ1v) is 12.6. The van der Waals surface area contributed by atoms with Crippen LogP contribution in [0.15, 0.2) is 118 Å². The number of rotatable bonds is 6. The van der Waals surface area contributed by atoms with Crippen LogP contribution in [-0.4, -0.2) is 0 Å². The van der Waals surface area contributed by atoms with Crippen LogP contribution in [-0.2, 0) is 4.57 Å². The van der Waals surface area contributed by atoms with Crippen molar-refractivity contribution in [3.05, 3.63) is 113 Å². The molecule has 0 aliphatic heterocycles. The largest absolute Gasteiger partial charge is 0.309 e. The molecule has 0 atom stereocenters. The maximum atomic E-state index is 14.8. The maximum Gasteiger partial charge on any atom is 0.171 e.